The molecule has 1 fully saturated rings. The first-order valence-electron chi connectivity index (χ1n) is 7.62. The third-order valence-electron chi connectivity index (χ3n) is 4.24. The lowest BCUT2D eigenvalue weighted by Gasteiger charge is -2.21. The van der Waals surface area contributed by atoms with Gasteiger partial charge in [-0.15, -0.1) is 0 Å². The smallest absolute Gasteiger partial charge is 0.295 e. The minimum Gasteiger partial charge on any atom is -0.507 e. The molecule has 6 nitrogen and oxygen atoms in total. The average molecular weight is 339 g/mol. The molecule has 128 valence electrons. The Bertz CT molecular complexity index is 873. The number of Topliss-reactive ketones (excluding diaryl/α,β-unsaturated/α-hetero) is 1. The molecule has 1 aliphatic rings. The SMILES string of the molecule is COc1cc(C2C(=C(O)c3ccccc3)C(=O)C(=O)N2C)ccc1O. The monoisotopic (exact) mass is 339 g/mol. The predicted molar refractivity (Wildman–Crippen MR) is 91.2 cm³/mol. The van der Waals surface area contributed by atoms with Gasteiger partial charge in [0.1, 0.15) is 5.76 Å². The second kappa shape index (κ2) is 6.32. The van der Waals surface area contributed by atoms with E-state index in [-0.39, 0.29) is 22.8 Å². The van der Waals surface area contributed by atoms with E-state index in [0.29, 0.717) is 11.1 Å². The summed E-state index contributed by atoms with van der Waals surface area (Å²) in [4.78, 5) is 25.9. The summed E-state index contributed by atoms with van der Waals surface area (Å²) in [6, 6.07) is 12.4. The highest BCUT2D eigenvalue weighted by Crippen LogP contribution is 2.40. The lowest BCUT2D eigenvalue weighted by molar-refractivity contribution is -0.139. The van der Waals surface area contributed by atoms with Crippen molar-refractivity contribution in [1.82, 2.24) is 4.90 Å². The summed E-state index contributed by atoms with van der Waals surface area (Å²) in [6.45, 7) is 0. The lowest BCUT2D eigenvalue weighted by atomic mass is 9.95. The van der Waals surface area contributed by atoms with E-state index >= 15 is 0 Å². The number of phenols is 1. The topological polar surface area (TPSA) is 87.1 Å². The molecule has 1 amide bonds. The molecule has 0 radical (unpaired) electrons. The second-order valence-corrected chi connectivity index (χ2v) is 5.71. The Labute approximate surface area is 144 Å². The number of methoxy groups -OCH3 is 1. The molecule has 0 aromatic heterocycles. The maximum absolute atomic E-state index is 12.4. The number of aliphatic hydroxyl groups excluding tert-OH is 1. The zero-order valence-electron chi connectivity index (χ0n) is 13.8. The Hall–Kier alpha value is -3.28. The van der Waals surface area contributed by atoms with Gasteiger partial charge in [-0.1, -0.05) is 36.4 Å². The summed E-state index contributed by atoms with van der Waals surface area (Å²) in [5, 5.41) is 20.4. The molecule has 2 N–H and O–H groups in total. The van der Waals surface area contributed by atoms with Gasteiger partial charge in [-0.2, -0.15) is 0 Å². The number of likely N-dealkylation sites (N-methyl/N-ethyl adjacent to an activating group) is 1. The first kappa shape index (κ1) is 16.6. The largest absolute Gasteiger partial charge is 0.507 e. The molecule has 1 saturated heterocycles. The summed E-state index contributed by atoms with van der Waals surface area (Å²) in [5.41, 5.74) is 1.00. The molecule has 0 spiro atoms. The van der Waals surface area contributed by atoms with Crippen molar-refractivity contribution in [2.45, 2.75) is 6.04 Å². The van der Waals surface area contributed by atoms with E-state index in [1.54, 1.807) is 42.5 Å². The molecule has 2 aromatic rings. The zero-order chi connectivity index (χ0) is 18.1. The van der Waals surface area contributed by atoms with Gasteiger partial charge in [0.15, 0.2) is 11.5 Å². The number of ether oxygens (including phenoxy) is 1. The first-order valence-corrected chi connectivity index (χ1v) is 7.62. The zero-order valence-corrected chi connectivity index (χ0v) is 13.8. The van der Waals surface area contributed by atoms with Crippen LogP contribution in [0.5, 0.6) is 11.5 Å². The summed E-state index contributed by atoms with van der Waals surface area (Å²) in [5.74, 6) is -1.52. The van der Waals surface area contributed by atoms with E-state index < -0.39 is 17.7 Å². The minimum atomic E-state index is -0.769. The summed E-state index contributed by atoms with van der Waals surface area (Å²) >= 11 is 0. The van der Waals surface area contributed by atoms with Crippen molar-refractivity contribution < 1.29 is 24.5 Å². The molecular weight excluding hydrogens is 322 g/mol. The van der Waals surface area contributed by atoms with Crippen LogP contribution in [-0.4, -0.2) is 41.0 Å². The third-order valence-corrected chi connectivity index (χ3v) is 4.24. The van der Waals surface area contributed by atoms with Crippen LogP contribution < -0.4 is 4.74 Å². The maximum atomic E-state index is 12.4. The van der Waals surface area contributed by atoms with E-state index in [1.165, 1.54) is 25.1 Å². The quantitative estimate of drug-likeness (QED) is 0.509. The van der Waals surface area contributed by atoms with E-state index in [4.69, 9.17) is 4.74 Å². The summed E-state index contributed by atoms with van der Waals surface area (Å²) in [7, 11) is 2.90. The Morgan fingerprint density at radius 3 is 2.44 bits per heavy atom. The normalized spacial score (nSPS) is 19.3. The molecule has 3 rings (SSSR count). The van der Waals surface area contributed by atoms with Crippen molar-refractivity contribution in [3.05, 3.63) is 65.2 Å². The van der Waals surface area contributed by atoms with E-state index in [2.05, 4.69) is 0 Å². The minimum absolute atomic E-state index is 0.00597. The van der Waals surface area contributed by atoms with E-state index in [0.717, 1.165) is 0 Å². The molecule has 1 aliphatic heterocycles. The van der Waals surface area contributed by atoms with Gasteiger partial charge in [0.2, 0.25) is 0 Å². The molecule has 25 heavy (non-hydrogen) atoms. The molecule has 2 aromatic carbocycles. The van der Waals surface area contributed by atoms with Crippen molar-refractivity contribution >= 4 is 17.4 Å². The van der Waals surface area contributed by atoms with Crippen molar-refractivity contribution in [3.63, 3.8) is 0 Å². The van der Waals surface area contributed by atoms with Crippen LogP contribution in [0.1, 0.15) is 17.2 Å². The van der Waals surface area contributed by atoms with Crippen LogP contribution in [0, 0.1) is 0 Å². The highest BCUT2D eigenvalue weighted by atomic mass is 16.5. The number of likely N-dealkylation sites (tertiary alicyclic amines) is 1. The Morgan fingerprint density at radius 1 is 1.12 bits per heavy atom. The number of benzene rings is 2. The van der Waals surface area contributed by atoms with Crippen molar-refractivity contribution in [3.8, 4) is 11.5 Å². The van der Waals surface area contributed by atoms with Crippen LogP contribution in [-0.2, 0) is 9.59 Å². The van der Waals surface area contributed by atoms with Crippen molar-refractivity contribution in [2.75, 3.05) is 14.2 Å². The van der Waals surface area contributed by atoms with Gasteiger partial charge < -0.3 is 19.8 Å². The highest BCUT2D eigenvalue weighted by molar-refractivity contribution is 6.46. The van der Waals surface area contributed by atoms with Gasteiger partial charge in [0, 0.05) is 12.6 Å². The van der Waals surface area contributed by atoms with Gasteiger partial charge in [0.05, 0.1) is 18.7 Å². The molecule has 0 bridgehead atoms. The molecular formula is C19H17NO5. The summed E-state index contributed by atoms with van der Waals surface area (Å²) in [6.07, 6.45) is 0. The first-order chi connectivity index (χ1) is 12.0. The standard InChI is InChI=1S/C19H17NO5/c1-20-16(12-8-9-13(21)14(10-12)25-2)15(18(23)19(20)24)17(22)11-6-4-3-5-7-11/h3-10,16,21-22H,1-2H3. The number of hydrogen-bond acceptors (Lipinski definition) is 5. The predicted octanol–water partition coefficient (Wildman–Crippen LogP) is 2.45. The van der Waals surface area contributed by atoms with Gasteiger partial charge >= 0.3 is 0 Å². The number of carbonyl (C=O) groups is 2. The van der Waals surface area contributed by atoms with Gasteiger partial charge in [-0.25, -0.2) is 0 Å². The average Bonchev–Trinajstić information content (AvgIpc) is 2.86. The number of phenolic OH excluding ortho intramolecular Hbond substituents is 1. The number of amides is 1. The second-order valence-electron chi connectivity index (χ2n) is 5.71. The molecule has 1 atom stereocenters. The van der Waals surface area contributed by atoms with Crippen molar-refractivity contribution in [2.24, 2.45) is 0 Å². The van der Waals surface area contributed by atoms with Crippen LogP contribution in [0.15, 0.2) is 54.1 Å². The third kappa shape index (κ3) is 2.71. The number of hydrogen-bond donors (Lipinski definition) is 2. The van der Waals surface area contributed by atoms with E-state index in [1.807, 2.05) is 0 Å². The van der Waals surface area contributed by atoms with Crippen LogP contribution in [0.3, 0.4) is 0 Å². The molecule has 1 unspecified atom stereocenters. The number of nitrogens with zero attached hydrogens (tertiary/aromatic N) is 1. The fraction of sp³-hybridized carbons (Fsp3) is 0.158. The number of rotatable bonds is 3. The molecule has 0 aliphatic carbocycles. The van der Waals surface area contributed by atoms with Gasteiger partial charge in [0.25, 0.3) is 11.7 Å². The lowest BCUT2D eigenvalue weighted by Crippen LogP contribution is -2.24. The molecule has 1 heterocycles. The van der Waals surface area contributed by atoms with Crippen molar-refractivity contribution in [1.29, 1.82) is 0 Å². The number of aliphatic hydroxyl groups is 1. The Morgan fingerprint density at radius 2 is 1.80 bits per heavy atom. The Balaban J connectivity index is 2.19. The Kier molecular flexibility index (Phi) is 4.19. The molecule has 0 saturated carbocycles. The van der Waals surface area contributed by atoms with E-state index in [9.17, 15) is 19.8 Å². The van der Waals surface area contributed by atoms with Crippen LogP contribution in [0.4, 0.5) is 0 Å². The summed E-state index contributed by atoms with van der Waals surface area (Å²) < 4.78 is 5.10. The highest BCUT2D eigenvalue weighted by Gasteiger charge is 2.44. The van der Waals surface area contributed by atoms with Gasteiger partial charge in [-0.05, 0) is 17.7 Å². The fourth-order valence-corrected chi connectivity index (χ4v) is 2.95. The number of ketones is 1. The van der Waals surface area contributed by atoms with Crippen LogP contribution >= 0.6 is 0 Å². The van der Waals surface area contributed by atoms with Crippen LogP contribution in [0.2, 0.25) is 0 Å². The van der Waals surface area contributed by atoms with Gasteiger partial charge in [-0.3, -0.25) is 9.59 Å². The fourth-order valence-electron chi connectivity index (χ4n) is 2.95. The maximum Gasteiger partial charge on any atom is 0.295 e. The molecule has 6 heteroatoms. The van der Waals surface area contributed by atoms with Crippen LogP contribution in [0.25, 0.3) is 5.76 Å². The number of aromatic hydroxyl groups is 1. The number of carbonyl (C=O) groups excluding carboxylic acids is 2.